The van der Waals surface area contributed by atoms with Crippen LogP contribution in [0.25, 0.3) is 11.1 Å². The van der Waals surface area contributed by atoms with Gasteiger partial charge in [-0.1, -0.05) is 24.3 Å². The van der Waals surface area contributed by atoms with Gasteiger partial charge in [0.15, 0.2) is 5.78 Å². The minimum Gasteiger partial charge on any atom is -0.294 e. The van der Waals surface area contributed by atoms with Crippen LogP contribution in [0.4, 0.5) is 0 Å². The molecule has 0 amide bonds. The fraction of sp³-hybridized carbons (Fsp3) is 0.0833. The number of halogens is 1. The summed E-state index contributed by atoms with van der Waals surface area (Å²) in [5.41, 5.74) is 2.86. The molecule has 15 heavy (non-hydrogen) atoms. The fourth-order valence-electron chi connectivity index (χ4n) is 1.50. The lowest BCUT2D eigenvalue weighted by Gasteiger charge is -2.05. The van der Waals surface area contributed by atoms with Crippen molar-refractivity contribution in [2.75, 3.05) is 0 Å². The normalized spacial score (nSPS) is 10.3. The lowest BCUT2D eigenvalue weighted by atomic mass is 10.00. The van der Waals surface area contributed by atoms with E-state index in [2.05, 4.69) is 15.9 Å². The predicted octanol–water partition coefficient (Wildman–Crippen LogP) is 4.38. The smallest absolute Gasteiger partial charge is 0.160 e. The van der Waals surface area contributed by atoms with E-state index in [1.54, 1.807) is 18.3 Å². The maximum Gasteiger partial charge on any atom is 0.160 e. The van der Waals surface area contributed by atoms with E-state index in [-0.39, 0.29) is 5.78 Å². The molecular formula is C12H9BrOS. The van der Waals surface area contributed by atoms with Crippen LogP contribution >= 0.6 is 27.3 Å². The Bertz CT molecular complexity index is 502. The maximum atomic E-state index is 11.5. The number of benzene rings is 1. The molecule has 0 aliphatic carbocycles. The number of rotatable bonds is 2. The van der Waals surface area contributed by atoms with Gasteiger partial charge in [0.1, 0.15) is 0 Å². The van der Waals surface area contributed by atoms with Gasteiger partial charge < -0.3 is 0 Å². The number of hydrogen-bond acceptors (Lipinski definition) is 2. The molecule has 0 aliphatic heterocycles. The van der Waals surface area contributed by atoms with Gasteiger partial charge >= 0.3 is 0 Å². The van der Waals surface area contributed by atoms with Crippen molar-refractivity contribution in [2.24, 2.45) is 0 Å². The monoisotopic (exact) mass is 280 g/mol. The van der Waals surface area contributed by atoms with E-state index >= 15 is 0 Å². The Morgan fingerprint density at radius 3 is 2.53 bits per heavy atom. The first-order valence-corrected chi connectivity index (χ1v) is 6.26. The molecule has 2 aromatic rings. The minimum atomic E-state index is 0.101. The van der Waals surface area contributed by atoms with Gasteiger partial charge in [-0.15, -0.1) is 0 Å². The van der Waals surface area contributed by atoms with Crippen molar-refractivity contribution < 1.29 is 4.79 Å². The van der Waals surface area contributed by atoms with E-state index in [1.807, 2.05) is 35.0 Å². The summed E-state index contributed by atoms with van der Waals surface area (Å²) >= 11 is 5.11. The van der Waals surface area contributed by atoms with Crippen LogP contribution in [-0.2, 0) is 0 Å². The lowest BCUT2D eigenvalue weighted by Crippen LogP contribution is -1.94. The van der Waals surface area contributed by atoms with Gasteiger partial charge in [0.2, 0.25) is 0 Å². The molecule has 0 saturated heterocycles. The molecule has 0 aliphatic rings. The van der Waals surface area contributed by atoms with E-state index in [9.17, 15) is 4.79 Å². The van der Waals surface area contributed by atoms with Crippen LogP contribution in [0.15, 0.2) is 39.5 Å². The van der Waals surface area contributed by atoms with Crippen LogP contribution in [0.1, 0.15) is 17.3 Å². The van der Waals surface area contributed by atoms with Gasteiger partial charge in [0.05, 0.1) is 0 Å². The highest BCUT2D eigenvalue weighted by Gasteiger charge is 2.11. The van der Waals surface area contributed by atoms with Crippen LogP contribution < -0.4 is 0 Å². The van der Waals surface area contributed by atoms with Gasteiger partial charge in [-0.2, -0.15) is 11.3 Å². The highest BCUT2D eigenvalue weighted by atomic mass is 79.9. The molecule has 0 unspecified atom stereocenters. The SMILES string of the molecule is CC(=O)c1ccccc1-c1cscc1Br. The molecule has 1 aromatic heterocycles. The second kappa shape index (κ2) is 4.29. The van der Waals surface area contributed by atoms with Gasteiger partial charge in [-0.05, 0) is 33.8 Å². The molecule has 0 atom stereocenters. The summed E-state index contributed by atoms with van der Waals surface area (Å²) in [6.45, 7) is 1.60. The van der Waals surface area contributed by atoms with Crippen LogP contribution in [0.2, 0.25) is 0 Å². The van der Waals surface area contributed by atoms with Crippen molar-refractivity contribution in [3.63, 3.8) is 0 Å². The molecule has 2 rings (SSSR count). The molecule has 0 bridgehead atoms. The van der Waals surface area contributed by atoms with Crippen LogP contribution in [0.5, 0.6) is 0 Å². The van der Waals surface area contributed by atoms with Crippen molar-refractivity contribution in [2.45, 2.75) is 6.92 Å². The Hall–Kier alpha value is -0.930. The highest BCUT2D eigenvalue weighted by Crippen LogP contribution is 2.33. The van der Waals surface area contributed by atoms with Crippen molar-refractivity contribution in [1.82, 2.24) is 0 Å². The van der Waals surface area contributed by atoms with Crippen molar-refractivity contribution in [1.29, 1.82) is 0 Å². The molecule has 0 spiro atoms. The number of thiophene rings is 1. The first-order valence-electron chi connectivity index (χ1n) is 4.52. The average Bonchev–Trinajstić information content (AvgIpc) is 2.64. The Kier molecular flexibility index (Phi) is 3.03. The van der Waals surface area contributed by atoms with E-state index < -0.39 is 0 Å². The Labute approximate surface area is 101 Å². The molecule has 0 radical (unpaired) electrons. The van der Waals surface area contributed by atoms with Gasteiger partial charge in [0, 0.05) is 21.0 Å². The molecule has 0 saturated carbocycles. The molecule has 1 nitrogen and oxygen atoms in total. The summed E-state index contributed by atoms with van der Waals surface area (Å²) in [5.74, 6) is 0.101. The van der Waals surface area contributed by atoms with Crippen molar-refractivity contribution in [3.05, 3.63) is 45.1 Å². The Morgan fingerprint density at radius 1 is 1.20 bits per heavy atom. The maximum absolute atomic E-state index is 11.5. The number of carbonyl (C=O) groups is 1. The lowest BCUT2D eigenvalue weighted by molar-refractivity contribution is 0.101. The Balaban J connectivity index is 2.63. The number of carbonyl (C=O) groups excluding carboxylic acids is 1. The zero-order chi connectivity index (χ0) is 10.8. The summed E-state index contributed by atoms with van der Waals surface area (Å²) in [7, 11) is 0. The van der Waals surface area contributed by atoms with Gasteiger partial charge in [-0.3, -0.25) is 4.79 Å². The van der Waals surface area contributed by atoms with Gasteiger partial charge in [0.25, 0.3) is 0 Å². The second-order valence-corrected chi connectivity index (χ2v) is 4.83. The summed E-state index contributed by atoms with van der Waals surface area (Å²) in [5, 5.41) is 4.07. The first-order chi connectivity index (χ1) is 7.20. The first kappa shape index (κ1) is 10.6. The predicted molar refractivity (Wildman–Crippen MR) is 67.5 cm³/mol. The quantitative estimate of drug-likeness (QED) is 0.746. The Morgan fingerprint density at radius 2 is 1.93 bits per heavy atom. The minimum absolute atomic E-state index is 0.101. The van der Waals surface area contributed by atoms with Crippen LogP contribution in [-0.4, -0.2) is 5.78 Å². The van der Waals surface area contributed by atoms with Crippen LogP contribution in [0, 0.1) is 0 Å². The second-order valence-electron chi connectivity index (χ2n) is 3.24. The number of Topliss-reactive ketones (excluding diaryl/α,β-unsaturated/α-hetero) is 1. The number of hydrogen-bond donors (Lipinski definition) is 0. The molecule has 1 heterocycles. The third-order valence-corrected chi connectivity index (χ3v) is 3.91. The standard InChI is InChI=1S/C12H9BrOS/c1-8(14)9-4-2-3-5-10(9)11-6-15-7-12(11)13/h2-7H,1H3. The molecule has 76 valence electrons. The van der Waals surface area contributed by atoms with Crippen molar-refractivity contribution >= 4 is 33.0 Å². The van der Waals surface area contributed by atoms with Crippen molar-refractivity contribution in [3.8, 4) is 11.1 Å². The third kappa shape index (κ3) is 2.03. The summed E-state index contributed by atoms with van der Waals surface area (Å²) in [6, 6.07) is 7.68. The zero-order valence-electron chi connectivity index (χ0n) is 8.16. The molecule has 0 fully saturated rings. The summed E-state index contributed by atoms with van der Waals surface area (Å²) in [4.78, 5) is 11.5. The van der Waals surface area contributed by atoms with E-state index in [0.717, 1.165) is 21.2 Å². The summed E-state index contributed by atoms with van der Waals surface area (Å²) < 4.78 is 1.04. The molecule has 0 N–H and O–H groups in total. The molecular weight excluding hydrogens is 272 g/mol. The fourth-order valence-corrected chi connectivity index (χ4v) is 3.01. The largest absolute Gasteiger partial charge is 0.294 e. The van der Waals surface area contributed by atoms with Crippen LogP contribution in [0.3, 0.4) is 0 Å². The third-order valence-electron chi connectivity index (χ3n) is 2.21. The van der Waals surface area contributed by atoms with E-state index in [4.69, 9.17) is 0 Å². The molecule has 1 aromatic carbocycles. The summed E-state index contributed by atoms with van der Waals surface area (Å²) in [6.07, 6.45) is 0. The van der Waals surface area contributed by atoms with Gasteiger partial charge in [-0.25, -0.2) is 0 Å². The average molecular weight is 281 g/mol. The topological polar surface area (TPSA) is 17.1 Å². The van der Waals surface area contributed by atoms with E-state index in [1.165, 1.54) is 0 Å². The number of ketones is 1. The van der Waals surface area contributed by atoms with E-state index in [0.29, 0.717) is 0 Å². The highest BCUT2D eigenvalue weighted by molar-refractivity contribution is 9.10. The molecule has 3 heteroatoms. The zero-order valence-corrected chi connectivity index (χ0v) is 10.6.